The highest BCUT2D eigenvalue weighted by molar-refractivity contribution is 7.80. The van der Waals surface area contributed by atoms with Gasteiger partial charge in [-0.15, -0.1) is 0 Å². The third-order valence-electron chi connectivity index (χ3n) is 12.6. The summed E-state index contributed by atoms with van der Waals surface area (Å²) in [5.74, 6) is -0.398. The van der Waals surface area contributed by atoms with Crippen LogP contribution in [0.1, 0.15) is 245 Å². The number of hydrogen-bond donors (Lipinski definition) is 4. The maximum Gasteiger partial charge on any atom is 0.397 e. The minimum Gasteiger partial charge on any atom is -0.457 e. The van der Waals surface area contributed by atoms with Gasteiger partial charge in [0.1, 0.15) is 30.5 Å². The van der Waals surface area contributed by atoms with E-state index in [1.165, 1.54) is 154 Å². The van der Waals surface area contributed by atoms with Crippen molar-refractivity contribution in [1.29, 1.82) is 0 Å². The van der Waals surface area contributed by atoms with E-state index in [0.29, 0.717) is 13.0 Å². The van der Waals surface area contributed by atoms with Crippen molar-refractivity contribution in [3.05, 3.63) is 24.3 Å². The van der Waals surface area contributed by atoms with Crippen molar-refractivity contribution in [2.24, 2.45) is 0 Å². The number of allylic oxidation sites excluding steroid dienone is 4. The zero-order chi connectivity index (χ0) is 48.2. The van der Waals surface area contributed by atoms with E-state index in [1.54, 1.807) is 0 Å². The second kappa shape index (κ2) is 44.8. The van der Waals surface area contributed by atoms with E-state index >= 15 is 0 Å². The number of aliphatic hydroxyl groups excluding tert-OH is 3. The van der Waals surface area contributed by atoms with Crippen molar-refractivity contribution in [3.8, 4) is 0 Å². The molecule has 1 aliphatic heterocycles. The predicted molar refractivity (Wildman–Crippen MR) is 267 cm³/mol. The van der Waals surface area contributed by atoms with E-state index in [0.717, 1.165) is 64.2 Å². The van der Waals surface area contributed by atoms with Crippen LogP contribution in [-0.2, 0) is 38.3 Å². The highest BCUT2D eigenvalue weighted by Crippen LogP contribution is 2.26. The van der Waals surface area contributed by atoms with Crippen LogP contribution < -0.4 is 0 Å². The maximum absolute atomic E-state index is 12.9. The molecule has 0 aromatic heterocycles. The zero-order valence-corrected chi connectivity index (χ0v) is 42.8. The lowest BCUT2D eigenvalue weighted by atomic mass is 9.99. The topological polar surface area (TPSA) is 178 Å². The van der Waals surface area contributed by atoms with Gasteiger partial charge in [-0.1, -0.05) is 224 Å². The molecule has 390 valence electrons. The molecule has 13 heteroatoms. The zero-order valence-electron chi connectivity index (χ0n) is 42.0. The molecule has 1 heterocycles. The summed E-state index contributed by atoms with van der Waals surface area (Å²) in [5.41, 5.74) is 0. The predicted octanol–water partition coefficient (Wildman–Crippen LogP) is 12.8. The van der Waals surface area contributed by atoms with Gasteiger partial charge in [0.05, 0.1) is 19.8 Å². The first-order chi connectivity index (χ1) is 32.1. The third kappa shape index (κ3) is 37.5. The average molecular weight is 961 g/mol. The van der Waals surface area contributed by atoms with Crippen LogP contribution in [0.15, 0.2) is 24.3 Å². The van der Waals surface area contributed by atoms with Crippen LogP contribution in [0.2, 0.25) is 0 Å². The van der Waals surface area contributed by atoms with Crippen LogP contribution >= 0.6 is 0 Å². The number of esters is 1. The van der Waals surface area contributed by atoms with Gasteiger partial charge >= 0.3 is 16.4 Å². The Morgan fingerprint density at radius 3 is 1.48 bits per heavy atom. The first-order valence-corrected chi connectivity index (χ1v) is 28.5. The van der Waals surface area contributed by atoms with Crippen LogP contribution in [0.25, 0.3) is 0 Å². The first-order valence-electron chi connectivity index (χ1n) is 27.1. The van der Waals surface area contributed by atoms with Crippen LogP contribution in [0.3, 0.4) is 0 Å². The quantitative estimate of drug-likeness (QED) is 0.0197. The Labute approximate surface area is 403 Å². The van der Waals surface area contributed by atoms with Gasteiger partial charge < -0.3 is 34.3 Å². The molecule has 0 aromatic carbocycles. The Morgan fingerprint density at radius 1 is 0.576 bits per heavy atom. The summed E-state index contributed by atoms with van der Waals surface area (Å²) < 4.78 is 59.3. The minimum atomic E-state index is -5.06. The molecule has 0 amide bonds. The summed E-state index contributed by atoms with van der Waals surface area (Å²) in [4.78, 5) is 12.9. The largest absolute Gasteiger partial charge is 0.457 e. The lowest BCUT2D eigenvalue weighted by Gasteiger charge is -2.41. The van der Waals surface area contributed by atoms with Crippen molar-refractivity contribution in [2.45, 2.75) is 282 Å². The van der Waals surface area contributed by atoms with Gasteiger partial charge in [0, 0.05) is 13.0 Å². The van der Waals surface area contributed by atoms with Crippen LogP contribution in [0, 0.1) is 0 Å². The average Bonchev–Trinajstić information content (AvgIpc) is 3.29. The molecule has 12 nitrogen and oxygen atoms in total. The molecular weight excluding hydrogens is 861 g/mol. The molecular formula is C53H100O12S. The summed E-state index contributed by atoms with van der Waals surface area (Å²) >= 11 is 0. The SMILES string of the molecule is CCCC/C=C\C/C=C\CCCCCCCCOCC(COC1OC(CO)C(O)C(OS(=O)(=O)O)C1O)OC(=O)CCCCCCCCCCCCCCCCCCCCCCCCCC. The molecule has 1 aliphatic rings. The smallest absolute Gasteiger partial charge is 0.397 e. The fourth-order valence-corrected chi connectivity index (χ4v) is 8.97. The monoisotopic (exact) mass is 961 g/mol. The summed E-state index contributed by atoms with van der Waals surface area (Å²) in [6.07, 6.45) is 43.6. The van der Waals surface area contributed by atoms with Gasteiger partial charge in [-0.05, 0) is 38.5 Å². The molecule has 6 unspecified atom stereocenters. The van der Waals surface area contributed by atoms with E-state index in [1.807, 2.05) is 0 Å². The Hall–Kier alpha value is -1.42. The number of carbonyl (C=O) groups is 1. The van der Waals surface area contributed by atoms with Crippen molar-refractivity contribution < 1.29 is 56.2 Å². The third-order valence-corrected chi connectivity index (χ3v) is 13.0. The second-order valence-electron chi connectivity index (χ2n) is 18.8. The van der Waals surface area contributed by atoms with Crippen molar-refractivity contribution in [1.82, 2.24) is 0 Å². The number of aliphatic hydroxyl groups is 3. The van der Waals surface area contributed by atoms with Crippen molar-refractivity contribution in [2.75, 3.05) is 26.4 Å². The molecule has 0 radical (unpaired) electrons. The van der Waals surface area contributed by atoms with E-state index in [-0.39, 0.29) is 19.6 Å². The summed E-state index contributed by atoms with van der Waals surface area (Å²) in [5, 5.41) is 30.8. The normalized spacial score (nSPS) is 19.6. The van der Waals surface area contributed by atoms with Gasteiger partial charge in [0.2, 0.25) is 0 Å². The summed E-state index contributed by atoms with van der Waals surface area (Å²) in [7, 11) is -5.06. The van der Waals surface area contributed by atoms with Crippen LogP contribution in [0.4, 0.5) is 0 Å². The Balaban J connectivity index is 2.29. The molecule has 0 saturated carbocycles. The van der Waals surface area contributed by atoms with Gasteiger partial charge in [0.15, 0.2) is 6.29 Å². The van der Waals surface area contributed by atoms with Crippen LogP contribution in [0.5, 0.6) is 0 Å². The number of hydrogen-bond acceptors (Lipinski definition) is 11. The highest BCUT2D eigenvalue weighted by atomic mass is 32.3. The van der Waals surface area contributed by atoms with Crippen LogP contribution in [-0.4, -0.2) is 97.5 Å². The van der Waals surface area contributed by atoms with Gasteiger partial charge in [-0.25, -0.2) is 4.18 Å². The maximum atomic E-state index is 12.9. The fraction of sp³-hybridized carbons (Fsp3) is 0.906. The molecule has 0 spiro atoms. The van der Waals surface area contributed by atoms with Crippen molar-refractivity contribution in [3.63, 3.8) is 0 Å². The molecule has 1 saturated heterocycles. The number of unbranched alkanes of at least 4 members (excludes halogenated alkanes) is 31. The molecule has 1 rings (SSSR count). The van der Waals surface area contributed by atoms with E-state index < -0.39 is 59.8 Å². The summed E-state index contributed by atoms with van der Waals surface area (Å²) in [6, 6.07) is 0. The molecule has 1 fully saturated rings. The first kappa shape index (κ1) is 62.6. The molecule has 0 bridgehead atoms. The molecule has 6 atom stereocenters. The minimum absolute atomic E-state index is 0.0329. The van der Waals surface area contributed by atoms with Gasteiger partial charge in [0.25, 0.3) is 0 Å². The van der Waals surface area contributed by atoms with Gasteiger partial charge in [-0.2, -0.15) is 8.42 Å². The Kier molecular flexibility index (Phi) is 42.5. The van der Waals surface area contributed by atoms with Gasteiger partial charge in [-0.3, -0.25) is 9.35 Å². The molecule has 4 N–H and O–H groups in total. The number of rotatable bonds is 48. The lowest BCUT2D eigenvalue weighted by Crippen LogP contribution is -2.60. The van der Waals surface area contributed by atoms with E-state index in [2.05, 4.69) is 42.3 Å². The second-order valence-corrected chi connectivity index (χ2v) is 19.9. The van der Waals surface area contributed by atoms with Crippen molar-refractivity contribution >= 4 is 16.4 Å². The number of carbonyl (C=O) groups excluding carboxylic acids is 1. The number of ether oxygens (including phenoxy) is 4. The highest BCUT2D eigenvalue weighted by Gasteiger charge is 2.48. The molecule has 0 aliphatic carbocycles. The fourth-order valence-electron chi connectivity index (χ4n) is 8.46. The Morgan fingerprint density at radius 2 is 1.02 bits per heavy atom. The van der Waals surface area contributed by atoms with E-state index in [9.17, 15) is 33.1 Å². The van der Waals surface area contributed by atoms with E-state index in [4.69, 9.17) is 18.9 Å². The molecule has 0 aromatic rings. The summed E-state index contributed by atoms with van der Waals surface area (Å²) in [6.45, 7) is 3.97. The molecule has 66 heavy (non-hydrogen) atoms. The Bertz CT molecular complexity index is 1250. The standard InChI is InChI=1S/C53H100O12S/c1-3-5-7-9-11-13-15-17-19-20-21-22-23-24-25-26-27-28-30-32-34-36-38-40-42-49(55)63-47(46-62-53-51(57)52(65-66(58,59)60)50(56)48(44-54)64-53)45-61-43-41-39-37-35-33-31-29-18-16-14-12-10-8-6-4-2/h10,12,16,18,47-48,50-54,56-57H,3-9,11,13-15,17,19-46H2,1-2H3,(H,58,59,60)/b12-10-,18-16-. The lowest BCUT2D eigenvalue weighted by molar-refractivity contribution is -0.301.